The standard InChI is InChI=1S/C19H36O3/c1-4-6-7-8-9-10-11-12-13-14-15-16-18-19(3,22-21-18)17(20)5-2/h18H,4-16H2,1-3H3. The Kier molecular flexibility index (Phi) is 9.98. The van der Waals surface area contributed by atoms with Crippen LogP contribution in [-0.4, -0.2) is 17.5 Å². The van der Waals surface area contributed by atoms with Crippen molar-refractivity contribution in [1.29, 1.82) is 0 Å². The maximum Gasteiger partial charge on any atom is 0.187 e. The Morgan fingerprint density at radius 3 is 1.77 bits per heavy atom. The van der Waals surface area contributed by atoms with E-state index < -0.39 is 5.60 Å². The van der Waals surface area contributed by atoms with Crippen LogP contribution < -0.4 is 0 Å². The highest BCUT2D eigenvalue weighted by Gasteiger charge is 2.51. The normalized spacial score (nSPS) is 24.2. The molecule has 0 aromatic heterocycles. The molecule has 1 rings (SSSR count). The quantitative estimate of drug-likeness (QED) is 0.302. The van der Waals surface area contributed by atoms with Crippen LogP contribution in [0.2, 0.25) is 0 Å². The predicted molar refractivity (Wildman–Crippen MR) is 90.7 cm³/mol. The Morgan fingerprint density at radius 1 is 0.864 bits per heavy atom. The molecule has 1 heterocycles. The minimum atomic E-state index is -0.673. The molecule has 130 valence electrons. The smallest absolute Gasteiger partial charge is 0.187 e. The van der Waals surface area contributed by atoms with E-state index in [1.165, 1.54) is 64.2 Å². The van der Waals surface area contributed by atoms with E-state index in [0.29, 0.717) is 6.42 Å². The summed E-state index contributed by atoms with van der Waals surface area (Å²) >= 11 is 0. The zero-order valence-electron chi connectivity index (χ0n) is 15.0. The fourth-order valence-electron chi connectivity index (χ4n) is 3.16. The van der Waals surface area contributed by atoms with Gasteiger partial charge in [0, 0.05) is 6.42 Å². The number of carbonyl (C=O) groups excluding carboxylic acids is 1. The van der Waals surface area contributed by atoms with Crippen molar-refractivity contribution in [2.45, 2.75) is 116 Å². The van der Waals surface area contributed by atoms with Gasteiger partial charge in [-0.1, -0.05) is 84.5 Å². The van der Waals surface area contributed by atoms with Crippen molar-refractivity contribution >= 4 is 5.78 Å². The molecule has 1 fully saturated rings. The minimum Gasteiger partial charge on any atom is -0.296 e. The van der Waals surface area contributed by atoms with Gasteiger partial charge in [0.2, 0.25) is 0 Å². The molecule has 1 aliphatic heterocycles. The van der Waals surface area contributed by atoms with Gasteiger partial charge in [-0.15, -0.1) is 0 Å². The van der Waals surface area contributed by atoms with E-state index in [-0.39, 0.29) is 11.9 Å². The van der Waals surface area contributed by atoms with Crippen molar-refractivity contribution < 1.29 is 14.6 Å². The molecule has 1 saturated heterocycles. The fraction of sp³-hybridized carbons (Fsp3) is 0.947. The highest BCUT2D eigenvalue weighted by Crippen LogP contribution is 2.35. The van der Waals surface area contributed by atoms with Crippen LogP contribution in [0.25, 0.3) is 0 Å². The Labute approximate surface area is 137 Å². The zero-order chi connectivity index (χ0) is 16.3. The van der Waals surface area contributed by atoms with Crippen LogP contribution in [0.5, 0.6) is 0 Å². The molecule has 22 heavy (non-hydrogen) atoms. The van der Waals surface area contributed by atoms with E-state index in [2.05, 4.69) is 6.92 Å². The first-order valence-corrected chi connectivity index (χ1v) is 9.53. The summed E-state index contributed by atoms with van der Waals surface area (Å²) in [5.41, 5.74) is -0.673. The summed E-state index contributed by atoms with van der Waals surface area (Å²) in [5, 5.41) is 0. The summed E-state index contributed by atoms with van der Waals surface area (Å²) in [7, 11) is 0. The van der Waals surface area contributed by atoms with Gasteiger partial charge in [-0.25, -0.2) is 9.78 Å². The van der Waals surface area contributed by atoms with Gasteiger partial charge in [0.25, 0.3) is 0 Å². The molecular formula is C19H36O3. The molecule has 0 spiro atoms. The molecule has 0 bridgehead atoms. The predicted octanol–water partition coefficient (Wildman–Crippen LogP) is 5.76. The minimum absolute atomic E-state index is 0.0292. The van der Waals surface area contributed by atoms with E-state index >= 15 is 0 Å². The van der Waals surface area contributed by atoms with Crippen molar-refractivity contribution in [2.75, 3.05) is 0 Å². The van der Waals surface area contributed by atoms with Crippen molar-refractivity contribution in [3.8, 4) is 0 Å². The highest BCUT2D eigenvalue weighted by atomic mass is 17.3. The maximum absolute atomic E-state index is 11.8. The summed E-state index contributed by atoms with van der Waals surface area (Å²) in [6.45, 7) is 6.02. The van der Waals surface area contributed by atoms with Crippen molar-refractivity contribution in [3.05, 3.63) is 0 Å². The molecule has 2 unspecified atom stereocenters. The molecule has 0 saturated carbocycles. The largest absolute Gasteiger partial charge is 0.296 e. The first-order chi connectivity index (χ1) is 10.6. The Morgan fingerprint density at radius 2 is 1.36 bits per heavy atom. The first-order valence-electron chi connectivity index (χ1n) is 9.53. The lowest BCUT2D eigenvalue weighted by Gasteiger charge is -2.43. The van der Waals surface area contributed by atoms with E-state index in [1.807, 2.05) is 13.8 Å². The molecular weight excluding hydrogens is 276 g/mol. The molecule has 3 heteroatoms. The van der Waals surface area contributed by atoms with E-state index in [4.69, 9.17) is 9.78 Å². The number of hydrogen-bond acceptors (Lipinski definition) is 3. The lowest BCUT2D eigenvalue weighted by Crippen LogP contribution is -2.59. The number of ketones is 1. The molecule has 0 N–H and O–H groups in total. The number of hydrogen-bond donors (Lipinski definition) is 0. The lowest BCUT2D eigenvalue weighted by atomic mass is 9.87. The summed E-state index contributed by atoms with van der Waals surface area (Å²) in [5.74, 6) is 0.159. The van der Waals surface area contributed by atoms with E-state index in [1.54, 1.807) is 0 Å². The summed E-state index contributed by atoms with van der Waals surface area (Å²) < 4.78 is 0. The summed E-state index contributed by atoms with van der Waals surface area (Å²) in [4.78, 5) is 22.0. The van der Waals surface area contributed by atoms with Crippen LogP contribution in [0, 0.1) is 0 Å². The molecule has 3 nitrogen and oxygen atoms in total. The van der Waals surface area contributed by atoms with E-state index in [9.17, 15) is 4.79 Å². The third-order valence-corrected chi connectivity index (χ3v) is 4.90. The Hall–Kier alpha value is -0.410. The first kappa shape index (κ1) is 19.6. The Bertz CT molecular complexity index is 303. The summed E-state index contributed by atoms with van der Waals surface area (Å²) in [6, 6.07) is 0. The SMILES string of the molecule is CCCCCCCCCCCCCC1OOC1(C)C(=O)CC. The van der Waals surface area contributed by atoms with Gasteiger partial charge >= 0.3 is 0 Å². The highest BCUT2D eigenvalue weighted by molar-refractivity contribution is 5.87. The summed E-state index contributed by atoms with van der Waals surface area (Å²) in [6.07, 6.45) is 16.2. The molecule has 0 aromatic carbocycles. The number of carbonyl (C=O) groups is 1. The third-order valence-electron chi connectivity index (χ3n) is 4.90. The van der Waals surface area contributed by atoms with Gasteiger partial charge in [0.1, 0.15) is 6.10 Å². The average molecular weight is 312 g/mol. The third kappa shape index (κ3) is 6.37. The second-order valence-corrected chi connectivity index (χ2v) is 6.88. The fourth-order valence-corrected chi connectivity index (χ4v) is 3.16. The second-order valence-electron chi connectivity index (χ2n) is 6.88. The van der Waals surface area contributed by atoms with Crippen molar-refractivity contribution in [1.82, 2.24) is 0 Å². The molecule has 2 atom stereocenters. The molecule has 0 aliphatic carbocycles. The van der Waals surface area contributed by atoms with E-state index in [0.717, 1.165) is 12.8 Å². The van der Waals surface area contributed by atoms with Gasteiger partial charge in [-0.05, 0) is 13.3 Å². The average Bonchev–Trinajstić information content (AvgIpc) is 2.53. The molecule has 0 amide bonds. The Balaban J connectivity index is 1.91. The van der Waals surface area contributed by atoms with Crippen LogP contribution in [0.15, 0.2) is 0 Å². The van der Waals surface area contributed by atoms with Crippen LogP contribution in [0.3, 0.4) is 0 Å². The topological polar surface area (TPSA) is 35.5 Å². The van der Waals surface area contributed by atoms with Gasteiger partial charge in [0.05, 0.1) is 0 Å². The molecule has 0 aromatic rings. The van der Waals surface area contributed by atoms with Crippen LogP contribution in [0.4, 0.5) is 0 Å². The zero-order valence-corrected chi connectivity index (χ0v) is 15.0. The van der Waals surface area contributed by atoms with Gasteiger partial charge in [-0.2, -0.15) is 0 Å². The number of rotatable bonds is 14. The maximum atomic E-state index is 11.8. The van der Waals surface area contributed by atoms with Crippen LogP contribution in [-0.2, 0) is 14.6 Å². The van der Waals surface area contributed by atoms with Crippen LogP contribution in [0.1, 0.15) is 104 Å². The van der Waals surface area contributed by atoms with Crippen molar-refractivity contribution in [2.24, 2.45) is 0 Å². The lowest BCUT2D eigenvalue weighted by molar-refractivity contribution is -0.489. The van der Waals surface area contributed by atoms with Crippen molar-refractivity contribution in [3.63, 3.8) is 0 Å². The molecule has 1 aliphatic rings. The second kappa shape index (κ2) is 11.2. The van der Waals surface area contributed by atoms with Gasteiger partial charge in [0.15, 0.2) is 11.4 Å². The monoisotopic (exact) mass is 312 g/mol. The van der Waals surface area contributed by atoms with Gasteiger partial charge < -0.3 is 0 Å². The number of unbranched alkanes of at least 4 members (excludes halogenated alkanes) is 10. The van der Waals surface area contributed by atoms with Crippen LogP contribution >= 0.6 is 0 Å². The molecule has 0 radical (unpaired) electrons. The number of Topliss-reactive ketones (excluding diaryl/α,β-unsaturated/α-hetero) is 1. The van der Waals surface area contributed by atoms with Gasteiger partial charge in [-0.3, -0.25) is 4.79 Å².